The van der Waals surface area contributed by atoms with Gasteiger partial charge in [-0.3, -0.25) is 9.59 Å². The van der Waals surface area contributed by atoms with Crippen molar-refractivity contribution in [2.75, 3.05) is 33.5 Å². The number of aryl methyl sites for hydroxylation is 1. The lowest BCUT2D eigenvalue weighted by Gasteiger charge is -2.52. The molecule has 4 saturated heterocycles. The van der Waals surface area contributed by atoms with E-state index in [-0.39, 0.29) is 30.3 Å². The quantitative estimate of drug-likeness (QED) is 0.0340. The lowest BCUT2D eigenvalue weighted by Crippen LogP contribution is -2.71. The van der Waals surface area contributed by atoms with E-state index in [1.807, 2.05) is 0 Å². The van der Waals surface area contributed by atoms with Gasteiger partial charge in [-0.1, -0.05) is 32.6 Å². The monoisotopic (exact) mass is 1040 g/mol. The van der Waals surface area contributed by atoms with Gasteiger partial charge in [0.2, 0.25) is 5.79 Å². The predicted octanol–water partition coefficient (Wildman–Crippen LogP) is -5.20. The van der Waals surface area contributed by atoms with Gasteiger partial charge in [0.05, 0.1) is 45.2 Å². The number of esters is 1. The third-order valence-electron chi connectivity index (χ3n) is 13.6. The van der Waals surface area contributed by atoms with Gasteiger partial charge in [0.1, 0.15) is 91.0 Å². The second-order valence-electron chi connectivity index (χ2n) is 18.7. The number of ether oxygens (including phenoxy) is 9. The Balaban J connectivity index is 1.50. The highest BCUT2D eigenvalue weighted by molar-refractivity contribution is 5.96. The Morgan fingerprint density at radius 3 is 2.04 bits per heavy atom. The van der Waals surface area contributed by atoms with Crippen LogP contribution in [0.5, 0.6) is 5.75 Å². The SMILES string of the molecule is COC(=O)CCCCCCCCOC1OC(CO)C(OC2OC(CO)C(O)C(OC3(C(=O)[O-])CC(O)C(C)C([C@H](O)[C@H](O)CO)O3)C2O)C(OC2OC(C)C(O)C(O)C2O)C1NC(=O)c1ccc(O)cc1C. The molecule has 21 atom stereocenters. The number of aliphatic carboxylic acids is 1. The van der Waals surface area contributed by atoms with Crippen LogP contribution in [0.1, 0.15) is 81.1 Å². The molecule has 5 rings (SSSR count). The predicted molar refractivity (Wildman–Crippen MR) is 236 cm³/mol. The molecule has 0 spiro atoms. The first-order valence-corrected chi connectivity index (χ1v) is 24.0. The number of phenolic OH excluding ortho intramolecular Hbond substituents is 1. The number of aliphatic hydroxyl groups is 11. The second kappa shape index (κ2) is 26.9. The Bertz CT molecular complexity index is 1880. The van der Waals surface area contributed by atoms with E-state index < -0.39 is 166 Å². The molecule has 412 valence electrons. The number of unbranched alkanes of at least 4 members (excludes halogenated alkanes) is 5. The van der Waals surface area contributed by atoms with E-state index in [9.17, 15) is 80.8 Å². The molecule has 0 aromatic heterocycles. The van der Waals surface area contributed by atoms with E-state index in [0.29, 0.717) is 24.8 Å². The molecule has 4 fully saturated rings. The van der Waals surface area contributed by atoms with Gasteiger partial charge in [-0.25, -0.2) is 0 Å². The maximum absolute atomic E-state index is 14.2. The van der Waals surface area contributed by atoms with Crippen molar-refractivity contribution < 1.29 is 123 Å². The van der Waals surface area contributed by atoms with Gasteiger partial charge < -0.3 is 119 Å². The fraction of sp³-hybridized carbons (Fsp3) is 0.804. The number of carbonyl (C=O) groups excluding carboxylic acids is 3. The van der Waals surface area contributed by atoms with Crippen molar-refractivity contribution in [2.24, 2.45) is 5.92 Å². The molecule has 72 heavy (non-hydrogen) atoms. The summed E-state index contributed by atoms with van der Waals surface area (Å²) in [5.74, 6) is -7.66. The van der Waals surface area contributed by atoms with E-state index in [0.717, 1.165) is 19.3 Å². The Labute approximate surface area is 414 Å². The van der Waals surface area contributed by atoms with Gasteiger partial charge in [0.25, 0.3) is 5.91 Å². The number of carboxylic acids is 1. The Morgan fingerprint density at radius 1 is 0.792 bits per heavy atom. The van der Waals surface area contributed by atoms with E-state index in [4.69, 9.17) is 37.9 Å². The minimum atomic E-state index is -3.11. The molecule has 4 heterocycles. The molecule has 1 aromatic rings. The first-order valence-electron chi connectivity index (χ1n) is 24.0. The highest BCUT2D eigenvalue weighted by Gasteiger charge is 2.58. The topological polar surface area (TPSA) is 412 Å². The first kappa shape index (κ1) is 59.5. The van der Waals surface area contributed by atoms with Crippen LogP contribution in [0.3, 0.4) is 0 Å². The zero-order valence-electron chi connectivity index (χ0n) is 40.4. The van der Waals surface area contributed by atoms with Crippen LogP contribution in [-0.2, 0) is 52.2 Å². The van der Waals surface area contributed by atoms with E-state index in [2.05, 4.69) is 10.1 Å². The summed E-state index contributed by atoms with van der Waals surface area (Å²) in [6.07, 6.45) is -29.6. The summed E-state index contributed by atoms with van der Waals surface area (Å²) in [6, 6.07) is 2.33. The number of carbonyl (C=O) groups is 3. The van der Waals surface area contributed by atoms with Gasteiger partial charge in [-0.15, -0.1) is 0 Å². The molecule has 13 N–H and O–H groups in total. The van der Waals surface area contributed by atoms with E-state index in [1.54, 1.807) is 0 Å². The smallest absolute Gasteiger partial charge is 0.305 e. The number of methoxy groups -OCH3 is 1. The van der Waals surface area contributed by atoms with Crippen molar-refractivity contribution in [3.63, 3.8) is 0 Å². The van der Waals surface area contributed by atoms with Crippen molar-refractivity contribution in [3.05, 3.63) is 29.3 Å². The standard InChI is InChI=1S/C46H73NO25/c1-20-15-23(51)12-13-24(20)41(61)47-30-39(70-43-35(59)34(58)31(55)22(3)66-43)38(28(19-50)68-42(30)65-14-10-8-6-5-7-9-11-29(54)64-4)69-44-36(60)40(33(57)27(18-49)67-44)72-46(45(62)63)16-25(52)21(2)37(71-46)32(56)26(53)17-48/h12-13,15,21-22,25-28,30-40,42-44,48-53,55-60H,5-11,14,16-19H2,1-4H3,(H,47,61)(H,62,63)/p-1/t21?,22?,25?,26-,27?,28?,30?,31?,32-,33?,34?,35?,36?,37?,38?,39?,40?,42?,43?,44?,46?/m1/s1. The molecule has 0 radical (unpaired) electrons. The van der Waals surface area contributed by atoms with Crippen LogP contribution in [0.15, 0.2) is 18.2 Å². The van der Waals surface area contributed by atoms with Crippen molar-refractivity contribution in [3.8, 4) is 5.75 Å². The maximum atomic E-state index is 14.2. The van der Waals surface area contributed by atoms with Crippen LogP contribution < -0.4 is 10.4 Å². The number of hydrogen-bond acceptors (Lipinski definition) is 25. The minimum Gasteiger partial charge on any atom is -0.544 e. The third-order valence-corrected chi connectivity index (χ3v) is 13.6. The Morgan fingerprint density at radius 2 is 1.42 bits per heavy atom. The summed E-state index contributed by atoms with van der Waals surface area (Å²) in [5, 5.41) is 145. The number of aliphatic hydroxyl groups excluding tert-OH is 11. The Kier molecular flexibility index (Phi) is 22.3. The molecule has 4 aliphatic heterocycles. The van der Waals surface area contributed by atoms with Crippen molar-refractivity contribution in [1.29, 1.82) is 0 Å². The lowest BCUT2D eigenvalue weighted by molar-refractivity contribution is -0.414. The van der Waals surface area contributed by atoms with Gasteiger partial charge in [0, 0.05) is 30.9 Å². The summed E-state index contributed by atoms with van der Waals surface area (Å²) in [6.45, 7) is 1.24. The summed E-state index contributed by atoms with van der Waals surface area (Å²) >= 11 is 0. The molecular formula is C46H72NO25-. The molecular weight excluding hydrogens is 966 g/mol. The molecule has 19 unspecified atom stereocenters. The van der Waals surface area contributed by atoms with E-state index >= 15 is 0 Å². The lowest BCUT2D eigenvalue weighted by atomic mass is 9.84. The number of nitrogens with one attached hydrogen (secondary N) is 1. The van der Waals surface area contributed by atoms with Crippen molar-refractivity contribution in [1.82, 2.24) is 5.32 Å². The van der Waals surface area contributed by atoms with Crippen LogP contribution in [-0.4, -0.2) is 235 Å². The molecule has 1 amide bonds. The van der Waals surface area contributed by atoms with Crippen LogP contribution in [0.25, 0.3) is 0 Å². The number of benzene rings is 1. The highest BCUT2D eigenvalue weighted by Crippen LogP contribution is 2.40. The first-order chi connectivity index (χ1) is 34.1. The fourth-order valence-electron chi connectivity index (χ4n) is 9.16. The van der Waals surface area contributed by atoms with Crippen LogP contribution >= 0.6 is 0 Å². The summed E-state index contributed by atoms with van der Waals surface area (Å²) in [7, 11) is 1.32. The number of hydrogen-bond donors (Lipinski definition) is 13. The largest absolute Gasteiger partial charge is 0.544 e. The third kappa shape index (κ3) is 14.1. The summed E-state index contributed by atoms with van der Waals surface area (Å²) in [5.41, 5.74) is 0.351. The average Bonchev–Trinajstić information content (AvgIpc) is 3.35. The van der Waals surface area contributed by atoms with Crippen molar-refractivity contribution in [2.45, 2.75) is 194 Å². The van der Waals surface area contributed by atoms with Crippen LogP contribution in [0.4, 0.5) is 0 Å². The van der Waals surface area contributed by atoms with Crippen LogP contribution in [0.2, 0.25) is 0 Å². The molecule has 0 saturated carbocycles. The zero-order chi connectivity index (χ0) is 53.2. The molecule has 4 aliphatic rings. The molecule has 1 aromatic carbocycles. The molecule has 26 heteroatoms. The average molecular weight is 1040 g/mol. The Hall–Kier alpha value is -3.33. The van der Waals surface area contributed by atoms with Gasteiger partial charge in [-0.05, 0) is 50.5 Å². The normalized spacial score (nSPS) is 38.2. The number of amides is 1. The maximum Gasteiger partial charge on any atom is 0.305 e. The van der Waals surface area contributed by atoms with Crippen LogP contribution in [0, 0.1) is 12.8 Å². The summed E-state index contributed by atoms with van der Waals surface area (Å²) in [4.78, 5) is 38.6. The number of rotatable bonds is 24. The summed E-state index contributed by atoms with van der Waals surface area (Å²) < 4.78 is 52.8. The number of phenols is 1. The molecule has 26 nitrogen and oxygen atoms in total. The number of aromatic hydroxyl groups is 1. The highest BCUT2D eigenvalue weighted by atomic mass is 16.8. The minimum absolute atomic E-state index is 0.00949. The molecule has 0 aliphatic carbocycles. The van der Waals surface area contributed by atoms with E-state index in [1.165, 1.54) is 46.1 Å². The fourth-order valence-corrected chi connectivity index (χ4v) is 9.16. The van der Waals surface area contributed by atoms with Gasteiger partial charge >= 0.3 is 5.97 Å². The van der Waals surface area contributed by atoms with Crippen molar-refractivity contribution >= 4 is 17.8 Å². The zero-order valence-corrected chi connectivity index (χ0v) is 40.4. The van der Waals surface area contributed by atoms with Gasteiger partial charge in [-0.2, -0.15) is 0 Å². The molecule has 0 bridgehead atoms. The number of carboxylic acid groups (broad SMARTS) is 1. The second-order valence-corrected chi connectivity index (χ2v) is 18.7. The van der Waals surface area contributed by atoms with Gasteiger partial charge in [0.15, 0.2) is 18.9 Å².